The third-order valence-corrected chi connectivity index (χ3v) is 4.53. The van der Waals surface area contributed by atoms with Crippen LogP contribution in [0.1, 0.15) is 41.4 Å². The summed E-state index contributed by atoms with van der Waals surface area (Å²) < 4.78 is 39.6. The lowest BCUT2D eigenvalue weighted by molar-refractivity contribution is -0.169. The summed E-state index contributed by atoms with van der Waals surface area (Å²) in [7, 11) is 0. The molecule has 1 aromatic heterocycles. The zero-order valence-corrected chi connectivity index (χ0v) is 13.7. The van der Waals surface area contributed by atoms with Gasteiger partial charge in [-0.2, -0.15) is 13.2 Å². The molecule has 3 rings (SSSR count). The molecule has 1 atom stereocenters. The third kappa shape index (κ3) is 2.97. The summed E-state index contributed by atoms with van der Waals surface area (Å²) in [6.07, 6.45) is -3.26. The van der Waals surface area contributed by atoms with Gasteiger partial charge in [-0.3, -0.25) is 9.78 Å². The van der Waals surface area contributed by atoms with Crippen molar-refractivity contribution in [2.24, 2.45) is 0 Å². The van der Waals surface area contributed by atoms with Crippen molar-refractivity contribution >= 4 is 16.8 Å². The van der Waals surface area contributed by atoms with Crippen molar-refractivity contribution in [2.75, 3.05) is 6.54 Å². The Balaban J connectivity index is 2.09. The summed E-state index contributed by atoms with van der Waals surface area (Å²) in [6.45, 7) is 3.87. The summed E-state index contributed by atoms with van der Waals surface area (Å²) >= 11 is 0. The molecule has 0 bridgehead atoms. The lowest BCUT2D eigenvalue weighted by Crippen LogP contribution is -2.44. The van der Waals surface area contributed by atoms with E-state index in [1.807, 2.05) is 25.1 Å². The summed E-state index contributed by atoms with van der Waals surface area (Å²) in [4.78, 5) is 18.2. The highest BCUT2D eigenvalue weighted by Gasteiger charge is 2.48. The predicted molar refractivity (Wildman–Crippen MR) is 86.0 cm³/mol. The number of carbonyl (C=O) groups excluding carboxylic acids is 1. The fourth-order valence-electron chi connectivity index (χ4n) is 3.31. The highest BCUT2D eigenvalue weighted by molar-refractivity contribution is 6.06. The monoisotopic (exact) mass is 336 g/mol. The smallest absolute Gasteiger partial charge is 0.327 e. The molecule has 24 heavy (non-hydrogen) atoms. The summed E-state index contributed by atoms with van der Waals surface area (Å²) in [5.74, 6) is -0.557. The molecule has 6 heteroatoms. The Labute approximate surface area is 138 Å². The predicted octanol–water partition coefficient (Wildman–Crippen LogP) is 4.27. The van der Waals surface area contributed by atoms with Crippen LogP contribution in [0.15, 0.2) is 24.3 Å². The molecule has 1 aromatic carbocycles. The molecular formula is C18H19F3N2O. The van der Waals surface area contributed by atoms with Crippen LogP contribution in [0.5, 0.6) is 0 Å². The maximum atomic E-state index is 13.2. The number of hydrogen-bond donors (Lipinski definition) is 0. The Kier molecular flexibility index (Phi) is 4.24. The van der Waals surface area contributed by atoms with Crippen LogP contribution in [-0.4, -0.2) is 34.6 Å². The molecule has 1 fully saturated rings. The van der Waals surface area contributed by atoms with E-state index in [2.05, 4.69) is 4.98 Å². The van der Waals surface area contributed by atoms with Gasteiger partial charge in [-0.15, -0.1) is 0 Å². The summed E-state index contributed by atoms with van der Waals surface area (Å²) in [5.41, 5.74) is 2.59. The van der Waals surface area contributed by atoms with E-state index >= 15 is 0 Å². The first-order chi connectivity index (χ1) is 11.3. The van der Waals surface area contributed by atoms with Crippen LogP contribution in [0.3, 0.4) is 0 Å². The first kappa shape index (κ1) is 16.7. The van der Waals surface area contributed by atoms with Crippen LogP contribution in [-0.2, 0) is 6.42 Å². The average Bonchev–Trinajstić information content (AvgIpc) is 3.02. The molecular weight excluding hydrogens is 317 g/mol. The van der Waals surface area contributed by atoms with E-state index in [1.54, 1.807) is 13.0 Å². The van der Waals surface area contributed by atoms with Gasteiger partial charge < -0.3 is 4.90 Å². The van der Waals surface area contributed by atoms with E-state index in [9.17, 15) is 18.0 Å². The molecule has 1 aliphatic heterocycles. The van der Waals surface area contributed by atoms with Crippen molar-refractivity contribution in [3.05, 3.63) is 41.1 Å². The number of hydrogen-bond acceptors (Lipinski definition) is 2. The Bertz CT molecular complexity index is 786. The van der Waals surface area contributed by atoms with E-state index in [0.717, 1.165) is 16.9 Å². The van der Waals surface area contributed by atoms with Crippen molar-refractivity contribution in [1.82, 2.24) is 9.88 Å². The molecule has 0 aliphatic carbocycles. The molecule has 128 valence electrons. The number of rotatable bonds is 2. The van der Waals surface area contributed by atoms with Crippen molar-refractivity contribution in [3.8, 4) is 0 Å². The van der Waals surface area contributed by atoms with Crippen LogP contribution >= 0.6 is 0 Å². The molecule has 0 saturated carbocycles. The van der Waals surface area contributed by atoms with Gasteiger partial charge >= 0.3 is 6.18 Å². The Morgan fingerprint density at radius 3 is 2.75 bits per heavy atom. The molecule has 2 heterocycles. The minimum Gasteiger partial charge on any atom is -0.327 e. The van der Waals surface area contributed by atoms with Crippen LogP contribution in [0.4, 0.5) is 13.2 Å². The number of amides is 1. The van der Waals surface area contributed by atoms with Gasteiger partial charge in [0, 0.05) is 17.6 Å². The number of pyridine rings is 1. The minimum atomic E-state index is -4.39. The summed E-state index contributed by atoms with van der Waals surface area (Å²) in [6, 6.07) is 5.51. The first-order valence-electron chi connectivity index (χ1n) is 8.09. The van der Waals surface area contributed by atoms with E-state index in [0.29, 0.717) is 28.6 Å². The van der Waals surface area contributed by atoms with Gasteiger partial charge in [0.1, 0.15) is 6.04 Å². The van der Waals surface area contributed by atoms with Crippen molar-refractivity contribution in [1.29, 1.82) is 0 Å². The Morgan fingerprint density at radius 1 is 1.33 bits per heavy atom. The highest BCUT2D eigenvalue weighted by atomic mass is 19.4. The molecule has 1 saturated heterocycles. The minimum absolute atomic E-state index is 0.0303. The number of likely N-dealkylation sites (tertiary alicyclic amines) is 1. The largest absolute Gasteiger partial charge is 0.408 e. The molecule has 0 unspecified atom stereocenters. The van der Waals surface area contributed by atoms with E-state index in [1.165, 1.54) is 0 Å². The fraction of sp³-hybridized carbons (Fsp3) is 0.444. The molecule has 1 aliphatic rings. The third-order valence-electron chi connectivity index (χ3n) is 4.53. The lowest BCUT2D eigenvalue weighted by atomic mass is 10.0. The maximum Gasteiger partial charge on any atom is 0.408 e. The van der Waals surface area contributed by atoms with E-state index < -0.39 is 18.1 Å². The molecule has 0 N–H and O–H groups in total. The number of fused-ring (bicyclic) bond motifs is 1. The Hall–Kier alpha value is -2.11. The van der Waals surface area contributed by atoms with Crippen LogP contribution in [0, 0.1) is 6.92 Å². The summed E-state index contributed by atoms with van der Waals surface area (Å²) in [5, 5.41) is 0.623. The standard InChI is InChI=1S/C18H19F3N2O/c1-3-12-6-7-15-13(10-12)14(9-11(2)22-15)17(24)23-8-4-5-16(23)18(19,20)21/h6-7,9-10,16H,3-5,8H2,1-2H3/t16-/m0/s1. The van der Waals surface area contributed by atoms with Gasteiger partial charge in [-0.25, -0.2) is 0 Å². The van der Waals surface area contributed by atoms with E-state index in [4.69, 9.17) is 0 Å². The number of carbonyl (C=O) groups is 1. The zero-order chi connectivity index (χ0) is 17.5. The van der Waals surface area contributed by atoms with Crippen molar-refractivity contribution < 1.29 is 18.0 Å². The van der Waals surface area contributed by atoms with Crippen LogP contribution < -0.4 is 0 Å². The number of nitrogens with zero attached hydrogens (tertiary/aromatic N) is 2. The average molecular weight is 336 g/mol. The Morgan fingerprint density at radius 2 is 2.08 bits per heavy atom. The zero-order valence-electron chi connectivity index (χ0n) is 13.7. The van der Waals surface area contributed by atoms with Crippen molar-refractivity contribution in [3.63, 3.8) is 0 Å². The van der Waals surface area contributed by atoms with Gasteiger partial charge in [-0.05, 0) is 49.9 Å². The second-order valence-corrected chi connectivity index (χ2v) is 6.21. The van der Waals surface area contributed by atoms with Gasteiger partial charge in [0.15, 0.2) is 0 Å². The topological polar surface area (TPSA) is 33.2 Å². The van der Waals surface area contributed by atoms with Gasteiger partial charge in [-0.1, -0.05) is 13.0 Å². The van der Waals surface area contributed by atoms with Gasteiger partial charge in [0.05, 0.1) is 11.1 Å². The second kappa shape index (κ2) is 6.07. The molecule has 3 nitrogen and oxygen atoms in total. The van der Waals surface area contributed by atoms with E-state index in [-0.39, 0.29) is 13.0 Å². The first-order valence-corrected chi connectivity index (χ1v) is 8.09. The fourth-order valence-corrected chi connectivity index (χ4v) is 3.31. The molecule has 0 radical (unpaired) electrons. The van der Waals surface area contributed by atoms with Crippen LogP contribution in [0.2, 0.25) is 0 Å². The van der Waals surface area contributed by atoms with Crippen LogP contribution in [0.25, 0.3) is 10.9 Å². The van der Waals surface area contributed by atoms with Crippen molar-refractivity contribution in [2.45, 2.75) is 45.3 Å². The number of alkyl halides is 3. The number of aromatic nitrogens is 1. The quantitative estimate of drug-likeness (QED) is 0.820. The SMILES string of the molecule is CCc1ccc2nc(C)cc(C(=O)N3CCC[C@H]3C(F)(F)F)c2c1. The normalized spacial score (nSPS) is 18.4. The lowest BCUT2D eigenvalue weighted by Gasteiger charge is -2.27. The van der Waals surface area contributed by atoms with Gasteiger partial charge in [0.2, 0.25) is 0 Å². The number of benzene rings is 1. The highest BCUT2D eigenvalue weighted by Crippen LogP contribution is 2.34. The molecule has 2 aromatic rings. The molecule has 1 amide bonds. The van der Waals surface area contributed by atoms with Gasteiger partial charge in [0.25, 0.3) is 5.91 Å². The number of aryl methyl sites for hydroxylation is 2. The molecule has 0 spiro atoms. The maximum absolute atomic E-state index is 13.2. The number of halogens is 3. The second-order valence-electron chi connectivity index (χ2n) is 6.21.